The van der Waals surface area contributed by atoms with Crippen molar-refractivity contribution in [3.8, 4) is 0 Å². The smallest absolute Gasteiger partial charge is 0.159 e. The molecule has 1 N–H and O–H groups in total. The minimum atomic E-state index is 0.957. The van der Waals surface area contributed by atoms with E-state index in [-0.39, 0.29) is 0 Å². The van der Waals surface area contributed by atoms with Crippen molar-refractivity contribution in [1.82, 2.24) is 19.9 Å². The zero-order valence-electron chi connectivity index (χ0n) is 8.49. The quantitative estimate of drug-likeness (QED) is 0.776. The Balaban J connectivity index is 2.44. The number of pyridine rings is 1. The molecule has 0 fully saturated rings. The van der Waals surface area contributed by atoms with Crippen LogP contribution >= 0.6 is 0 Å². The lowest BCUT2D eigenvalue weighted by Gasteiger charge is -2.01. The van der Waals surface area contributed by atoms with Crippen LogP contribution in [0.1, 0.15) is 5.56 Å². The average molecular weight is 190 g/mol. The number of hydrogen-bond acceptors (Lipinski definition) is 3. The fourth-order valence-corrected chi connectivity index (χ4v) is 1.54. The largest absolute Gasteiger partial charge is 0.319 e. The van der Waals surface area contributed by atoms with E-state index >= 15 is 0 Å². The second-order valence-corrected chi connectivity index (χ2v) is 3.35. The Bertz CT molecular complexity index is 433. The molecule has 2 rings (SSSR count). The Morgan fingerprint density at radius 1 is 1.43 bits per heavy atom. The molecule has 0 amide bonds. The van der Waals surface area contributed by atoms with Crippen molar-refractivity contribution in [2.75, 3.05) is 13.6 Å². The third-order valence-corrected chi connectivity index (χ3v) is 2.33. The van der Waals surface area contributed by atoms with Crippen LogP contribution in [0.3, 0.4) is 0 Å². The lowest BCUT2D eigenvalue weighted by Crippen LogP contribution is -2.10. The molecule has 4 nitrogen and oxygen atoms in total. The van der Waals surface area contributed by atoms with Crippen molar-refractivity contribution in [3.05, 3.63) is 24.2 Å². The average Bonchev–Trinajstić information content (AvgIpc) is 2.58. The molecule has 0 spiro atoms. The summed E-state index contributed by atoms with van der Waals surface area (Å²) in [5, 5.41) is 3.13. The number of aryl methyl sites for hydroxylation is 1. The maximum atomic E-state index is 4.34. The summed E-state index contributed by atoms with van der Waals surface area (Å²) >= 11 is 0. The van der Waals surface area contributed by atoms with Gasteiger partial charge in [0, 0.05) is 13.2 Å². The van der Waals surface area contributed by atoms with Crippen LogP contribution in [0.5, 0.6) is 0 Å². The van der Waals surface area contributed by atoms with Crippen LogP contribution in [-0.2, 0) is 13.5 Å². The summed E-state index contributed by atoms with van der Waals surface area (Å²) in [5.41, 5.74) is 3.23. The van der Waals surface area contributed by atoms with Gasteiger partial charge in [-0.15, -0.1) is 0 Å². The lowest BCUT2D eigenvalue weighted by molar-refractivity contribution is 0.793. The van der Waals surface area contributed by atoms with Gasteiger partial charge in [-0.1, -0.05) is 0 Å². The van der Waals surface area contributed by atoms with Crippen LogP contribution in [0.25, 0.3) is 11.2 Å². The molecule has 2 heterocycles. The Hall–Kier alpha value is -1.42. The molecular formula is C10H14N4. The Kier molecular flexibility index (Phi) is 2.45. The zero-order valence-corrected chi connectivity index (χ0v) is 8.49. The number of nitrogens with one attached hydrogen (secondary N) is 1. The molecule has 2 aromatic heterocycles. The first-order chi connectivity index (χ1) is 6.83. The molecule has 0 unspecified atom stereocenters. The monoisotopic (exact) mass is 190 g/mol. The highest BCUT2D eigenvalue weighted by atomic mass is 15.1. The van der Waals surface area contributed by atoms with E-state index in [0.29, 0.717) is 0 Å². The molecule has 0 aliphatic rings. The Labute approximate surface area is 83.0 Å². The number of aromatic nitrogens is 3. The molecule has 74 valence electrons. The molecule has 0 saturated heterocycles. The molecule has 4 heteroatoms. The highest BCUT2D eigenvalue weighted by Gasteiger charge is 2.05. The van der Waals surface area contributed by atoms with Crippen molar-refractivity contribution in [2.24, 2.45) is 7.05 Å². The van der Waals surface area contributed by atoms with E-state index in [1.165, 1.54) is 5.56 Å². The molecule has 2 aromatic rings. The first-order valence-electron chi connectivity index (χ1n) is 4.72. The second-order valence-electron chi connectivity index (χ2n) is 3.35. The summed E-state index contributed by atoms with van der Waals surface area (Å²) in [5.74, 6) is 0. The number of fused-ring (bicyclic) bond motifs is 1. The summed E-state index contributed by atoms with van der Waals surface area (Å²) in [6.45, 7) is 0.968. The number of imidazole rings is 1. The van der Waals surface area contributed by atoms with Crippen LogP contribution in [0.2, 0.25) is 0 Å². The number of rotatable bonds is 3. The van der Waals surface area contributed by atoms with Crippen LogP contribution < -0.4 is 5.32 Å². The van der Waals surface area contributed by atoms with Crippen LogP contribution in [0.4, 0.5) is 0 Å². The van der Waals surface area contributed by atoms with E-state index < -0.39 is 0 Å². The topological polar surface area (TPSA) is 42.7 Å². The van der Waals surface area contributed by atoms with Gasteiger partial charge in [0.25, 0.3) is 0 Å². The SMILES string of the molecule is CNCCc1ccnc2c1ncn2C. The van der Waals surface area contributed by atoms with E-state index in [2.05, 4.69) is 15.3 Å². The fourth-order valence-electron chi connectivity index (χ4n) is 1.54. The number of hydrogen-bond donors (Lipinski definition) is 1. The number of likely N-dealkylation sites (N-methyl/N-ethyl adjacent to an activating group) is 1. The van der Waals surface area contributed by atoms with Crippen LogP contribution in [0, 0.1) is 0 Å². The van der Waals surface area contributed by atoms with Crippen molar-refractivity contribution >= 4 is 11.2 Å². The van der Waals surface area contributed by atoms with Gasteiger partial charge >= 0.3 is 0 Å². The van der Waals surface area contributed by atoms with Gasteiger partial charge in [0.1, 0.15) is 5.52 Å². The molecule has 0 bridgehead atoms. The van der Waals surface area contributed by atoms with E-state index in [1.807, 2.05) is 30.9 Å². The standard InChI is InChI=1S/C10H14N4/c1-11-5-3-8-4-6-12-10-9(8)13-7-14(10)2/h4,6-7,11H,3,5H2,1-2H3. The Morgan fingerprint density at radius 2 is 2.29 bits per heavy atom. The third kappa shape index (κ3) is 1.48. The van der Waals surface area contributed by atoms with E-state index in [9.17, 15) is 0 Å². The molecule has 0 radical (unpaired) electrons. The van der Waals surface area contributed by atoms with Crippen LogP contribution in [0.15, 0.2) is 18.6 Å². The van der Waals surface area contributed by atoms with Gasteiger partial charge in [0.2, 0.25) is 0 Å². The van der Waals surface area contributed by atoms with Gasteiger partial charge in [-0.05, 0) is 31.6 Å². The van der Waals surface area contributed by atoms with Crippen molar-refractivity contribution in [1.29, 1.82) is 0 Å². The van der Waals surface area contributed by atoms with Gasteiger partial charge in [0.15, 0.2) is 5.65 Å². The van der Waals surface area contributed by atoms with E-state index in [4.69, 9.17) is 0 Å². The van der Waals surface area contributed by atoms with E-state index in [0.717, 1.165) is 24.1 Å². The molecule has 0 aliphatic carbocycles. The van der Waals surface area contributed by atoms with Gasteiger partial charge in [-0.3, -0.25) is 0 Å². The molecule has 0 aromatic carbocycles. The Morgan fingerprint density at radius 3 is 3.07 bits per heavy atom. The third-order valence-electron chi connectivity index (χ3n) is 2.33. The first kappa shape index (κ1) is 9.15. The molecule has 0 atom stereocenters. The van der Waals surface area contributed by atoms with E-state index in [1.54, 1.807) is 6.33 Å². The molecule has 0 aliphatic heterocycles. The lowest BCUT2D eigenvalue weighted by atomic mass is 10.2. The number of nitrogens with zero attached hydrogens (tertiary/aromatic N) is 3. The summed E-state index contributed by atoms with van der Waals surface area (Å²) < 4.78 is 1.94. The minimum Gasteiger partial charge on any atom is -0.319 e. The summed E-state index contributed by atoms with van der Waals surface area (Å²) in [6, 6.07) is 2.03. The zero-order chi connectivity index (χ0) is 9.97. The predicted molar refractivity (Wildman–Crippen MR) is 56.1 cm³/mol. The maximum absolute atomic E-state index is 4.34. The molecule has 14 heavy (non-hydrogen) atoms. The molecular weight excluding hydrogens is 176 g/mol. The van der Waals surface area contributed by atoms with Crippen molar-refractivity contribution < 1.29 is 0 Å². The highest BCUT2D eigenvalue weighted by molar-refractivity contribution is 5.74. The maximum Gasteiger partial charge on any atom is 0.159 e. The predicted octanol–water partition coefficient (Wildman–Crippen LogP) is 0.730. The minimum absolute atomic E-state index is 0.957. The summed E-state index contributed by atoms with van der Waals surface area (Å²) in [4.78, 5) is 8.63. The van der Waals surface area contributed by atoms with Crippen LogP contribution in [-0.4, -0.2) is 28.1 Å². The molecule has 0 saturated carbocycles. The second kappa shape index (κ2) is 3.75. The normalized spacial score (nSPS) is 11.0. The van der Waals surface area contributed by atoms with Gasteiger partial charge < -0.3 is 9.88 Å². The summed E-state index contributed by atoms with van der Waals surface area (Å²) in [7, 11) is 3.92. The fraction of sp³-hybridized carbons (Fsp3) is 0.400. The van der Waals surface area contributed by atoms with Gasteiger partial charge in [0.05, 0.1) is 6.33 Å². The summed E-state index contributed by atoms with van der Waals surface area (Å²) in [6.07, 6.45) is 4.64. The van der Waals surface area contributed by atoms with Crippen molar-refractivity contribution in [2.45, 2.75) is 6.42 Å². The van der Waals surface area contributed by atoms with Gasteiger partial charge in [-0.2, -0.15) is 0 Å². The van der Waals surface area contributed by atoms with Crippen molar-refractivity contribution in [3.63, 3.8) is 0 Å². The van der Waals surface area contributed by atoms with Gasteiger partial charge in [-0.25, -0.2) is 9.97 Å². The first-order valence-corrected chi connectivity index (χ1v) is 4.72. The highest BCUT2D eigenvalue weighted by Crippen LogP contribution is 2.13.